The molecule has 1 fully saturated rings. The molecular weight excluding hydrogens is 228 g/mol. The highest BCUT2D eigenvalue weighted by molar-refractivity contribution is 5.85. The highest BCUT2D eigenvalue weighted by atomic mass is 16.2. The number of hydrogen-bond donors (Lipinski definition) is 2. The van der Waals surface area contributed by atoms with Crippen molar-refractivity contribution in [2.45, 2.75) is 18.9 Å². The lowest BCUT2D eigenvalue weighted by atomic mass is 10.1. The van der Waals surface area contributed by atoms with Gasteiger partial charge in [0.1, 0.15) is 12.1 Å². The Morgan fingerprint density at radius 2 is 2.39 bits per heavy atom. The average Bonchev–Trinajstić information content (AvgIpc) is 2.87. The fourth-order valence-electron chi connectivity index (χ4n) is 2.33. The molecule has 0 bridgehead atoms. The van der Waals surface area contributed by atoms with Gasteiger partial charge in [-0.3, -0.25) is 4.79 Å². The largest absolute Gasteiger partial charge is 0.398 e. The topological polar surface area (TPSA) is 82.2 Å². The van der Waals surface area contributed by atoms with Gasteiger partial charge in [0.25, 0.3) is 0 Å². The van der Waals surface area contributed by atoms with Crippen molar-refractivity contribution < 1.29 is 4.79 Å². The smallest absolute Gasteiger partial charge is 0.242 e. The third kappa shape index (κ3) is 2.09. The number of amides is 1. The quantitative estimate of drug-likeness (QED) is 0.756. The first-order valence-electron chi connectivity index (χ1n) is 5.95. The van der Waals surface area contributed by atoms with Crippen molar-refractivity contribution in [3.8, 4) is 6.07 Å². The van der Waals surface area contributed by atoms with E-state index in [1.165, 1.54) is 0 Å². The van der Waals surface area contributed by atoms with Crippen molar-refractivity contribution in [3.05, 3.63) is 23.8 Å². The number of nitrogen functional groups attached to an aromatic ring is 1. The van der Waals surface area contributed by atoms with Crippen LogP contribution in [0.4, 0.5) is 11.4 Å². The summed E-state index contributed by atoms with van der Waals surface area (Å²) in [4.78, 5) is 13.8. The van der Waals surface area contributed by atoms with Gasteiger partial charge in [0.15, 0.2) is 0 Å². The molecule has 0 saturated carbocycles. The molecule has 18 heavy (non-hydrogen) atoms. The number of benzene rings is 1. The van der Waals surface area contributed by atoms with Gasteiger partial charge in [-0.2, -0.15) is 5.26 Å². The van der Waals surface area contributed by atoms with E-state index in [0.717, 1.165) is 25.1 Å². The lowest BCUT2D eigenvalue weighted by molar-refractivity contribution is -0.121. The molecule has 0 radical (unpaired) electrons. The first-order chi connectivity index (χ1) is 8.67. The Hall–Kier alpha value is -2.22. The summed E-state index contributed by atoms with van der Waals surface area (Å²) in [6.45, 7) is 0.826. The average molecular weight is 244 g/mol. The van der Waals surface area contributed by atoms with Crippen LogP contribution in [0.5, 0.6) is 0 Å². The molecular formula is C13H16N4O. The fraction of sp³-hybridized carbons (Fsp3) is 0.385. The maximum absolute atomic E-state index is 11.8. The third-order valence-electron chi connectivity index (χ3n) is 3.29. The molecule has 1 aliphatic rings. The number of likely N-dealkylation sites (N-methyl/N-ethyl adjacent to an activating group) is 1. The lowest BCUT2D eigenvalue weighted by Crippen LogP contribution is -2.42. The van der Waals surface area contributed by atoms with Crippen LogP contribution in [-0.2, 0) is 4.79 Å². The van der Waals surface area contributed by atoms with Crippen LogP contribution in [0.1, 0.15) is 18.4 Å². The van der Waals surface area contributed by atoms with E-state index in [1.54, 1.807) is 19.2 Å². The van der Waals surface area contributed by atoms with E-state index in [0.29, 0.717) is 11.3 Å². The first kappa shape index (κ1) is 12.2. The number of nitrogens with zero attached hydrogens (tertiary/aromatic N) is 2. The van der Waals surface area contributed by atoms with Gasteiger partial charge in [0.2, 0.25) is 5.91 Å². The number of anilines is 2. The van der Waals surface area contributed by atoms with Crippen molar-refractivity contribution in [1.29, 1.82) is 5.26 Å². The molecule has 1 atom stereocenters. The summed E-state index contributed by atoms with van der Waals surface area (Å²) in [7, 11) is 1.64. The van der Waals surface area contributed by atoms with E-state index in [9.17, 15) is 4.79 Å². The second-order valence-electron chi connectivity index (χ2n) is 4.35. The van der Waals surface area contributed by atoms with Gasteiger partial charge in [0.05, 0.1) is 5.56 Å². The summed E-state index contributed by atoms with van der Waals surface area (Å²) in [5, 5.41) is 11.7. The number of nitrogens with two attached hydrogens (primary N) is 1. The van der Waals surface area contributed by atoms with Crippen LogP contribution >= 0.6 is 0 Å². The van der Waals surface area contributed by atoms with Gasteiger partial charge in [-0.15, -0.1) is 0 Å². The second-order valence-corrected chi connectivity index (χ2v) is 4.35. The summed E-state index contributed by atoms with van der Waals surface area (Å²) in [5.41, 5.74) is 7.50. The van der Waals surface area contributed by atoms with E-state index in [1.807, 2.05) is 11.0 Å². The van der Waals surface area contributed by atoms with Gasteiger partial charge in [-0.1, -0.05) is 0 Å². The van der Waals surface area contributed by atoms with E-state index >= 15 is 0 Å². The van der Waals surface area contributed by atoms with E-state index in [-0.39, 0.29) is 11.9 Å². The molecule has 5 nitrogen and oxygen atoms in total. The van der Waals surface area contributed by atoms with Crippen LogP contribution in [0.2, 0.25) is 0 Å². The number of hydrogen-bond acceptors (Lipinski definition) is 4. The van der Waals surface area contributed by atoms with Crippen molar-refractivity contribution in [2.75, 3.05) is 24.2 Å². The minimum atomic E-state index is -0.148. The van der Waals surface area contributed by atoms with Crippen LogP contribution in [0.3, 0.4) is 0 Å². The predicted molar refractivity (Wildman–Crippen MR) is 70.0 cm³/mol. The molecule has 1 heterocycles. The maximum Gasteiger partial charge on any atom is 0.242 e. The first-order valence-corrected chi connectivity index (χ1v) is 5.95. The standard InChI is InChI=1S/C13H16N4O/c1-16-13(18)12-3-2-6-17(12)10-4-5-11(15)9(7-10)8-14/h4-5,7,12H,2-3,6,15H2,1H3,(H,16,18). The van der Waals surface area contributed by atoms with Crippen LogP contribution in [0.15, 0.2) is 18.2 Å². The fourth-order valence-corrected chi connectivity index (χ4v) is 2.33. The molecule has 1 aliphatic heterocycles. The lowest BCUT2D eigenvalue weighted by Gasteiger charge is -2.25. The molecule has 1 saturated heterocycles. The summed E-state index contributed by atoms with van der Waals surface area (Å²) in [6.07, 6.45) is 1.82. The zero-order valence-corrected chi connectivity index (χ0v) is 10.3. The number of nitriles is 1. The monoisotopic (exact) mass is 244 g/mol. The number of nitrogens with one attached hydrogen (secondary N) is 1. The Labute approximate surface area is 106 Å². The summed E-state index contributed by atoms with van der Waals surface area (Å²) in [6, 6.07) is 7.24. The van der Waals surface area contributed by atoms with E-state index in [4.69, 9.17) is 11.0 Å². The molecule has 1 amide bonds. The van der Waals surface area contributed by atoms with Gasteiger partial charge in [0, 0.05) is 25.0 Å². The minimum Gasteiger partial charge on any atom is -0.398 e. The number of carbonyl (C=O) groups excluding carboxylic acids is 1. The molecule has 1 aromatic rings. The van der Waals surface area contributed by atoms with Crippen LogP contribution < -0.4 is 16.0 Å². The number of carbonyl (C=O) groups is 1. The molecule has 0 aromatic heterocycles. The van der Waals surface area contributed by atoms with Crippen LogP contribution in [0.25, 0.3) is 0 Å². The van der Waals surface area contributed by atoms with Gasteiger partial charge in [-0.05, 0) is 31.0 Å². The second kappa shape index (κ2) is 4.96. The van der Waals surface area contributed by atoms with Crippen molar-refractivity contribution in [3.63, 3.8) is 0 Å². The molecule has 5 heteroatoms. The molecule has 2 rings (SSSR count). The summed E-state index contributed by atoms with van der Waals surface area (Å²) >= 11 is 0. The zero-order chi connectivity index (χ0) is 13.1. The Balaban J connectivity index is 2.31. The van der Waals surface area contributed by atoms with Gasteiger partial charge >= 0.3 is 0 Å². The molecule has 3 N–H and O–H groups in total. The Kier molecular flexibility index (Phi) is 3.38. The molecule has 1 unspecified atom stereocenters. The van der Waals surface area contributed by atoms with Crippen molar-refractivity contribution in [1.82, 2.24) is 5.32 Å². The van der Waals surface area contributed by atoms with Crippen LogP contribution in [0, 0.1) is 11.3 Å². The van der Waals surface area contributed by atoms with Crippen LogP contribution in [-0.4, -0.2) is 25.5 Å². The predicted octanol–water partition coefficient (Wildman–Crippen LogP) is 0.855. The maximum atomic E-state index is 11.8. The SMILES string of the molecule is CNC(=O)C1CCCN1c1ccc(N)c(C#N)c1. The molecule has 1 aromatic carbocycles. The normalized spacial score (nSPS) is 18.4. The number of rotatable bonds is 2. The van der Waals surface area contributed by atoms with E-state index < -0.39 is 0 Å². The summed E-state index contributed by atoms with van der Waals surface area (Å²) < 4.78 is 0. The Morgan fingerprint density at radius 1 is 1.61 bits per heavy atom. The Bertz CT molecular complexity index is 506. The van der Waals surface area contributed by atoms with Gasteiger partial charge in [-0.25, -0.2) is 0 Å². The molecule has 0 aliphatic carbocycles. The van der Waals surface area contributed by atoms with Crippen molar-refractivity contribution in [2.24, 2.45) is 0 Å². The van der Waals surface area contributed by atoms with E-state index in [2.05, 4.69) is 11.4 Å². The third-order valence-corrected chi connectivity index (χ3v) is 3.29. The van der Waals surface area contributed by atoms with Gasteiger partial charge < -0.3 is 16.0 Å². The van der Waals surface area contributed by atoms with Crippen molar-refractivity contribution >= 4 is 17.3 Å². The molecule has 0 spiro atoms. The highest BCUT2D eigenvalue weighted by Gasteiger charge is 2.30. The molecule has 94 valence electrons. The minimum absolute atomic E-state index is 0.0165. The highest BCUT2D eigenvalue weighted by Crippen LogP contribution is 2.28. The Morgan fingerprint density at radius 3 is 3.06 bits per heavy atom. The zero-order valence-electron chi connectivity index (χ0n) is 10.3. The summed E-state index contributed by atoms with van der Waals surface area (Å²) in [5.74, 6) is 0.0165.